The molecule has 0 saturated heterocycles. The highest BCUT2D eigenvalue weighted by Crippen LogP contribution is 2.27. The maximum atomic E-state index is 11.5. The van der Waals surface area contributed by atoms with E-state index in [0.29, 0.717) is 24.3 Å². The lowest BCUT2D eigenvalue weighted by Crippen LogP contribution is -2.44. The summed E-state index contributed by atoms with van der Waals surface area (Å²) >= 11 is 0. The summed E-state index contributed by atoms with van der Waals surface area (Å²) in [7, 11) is 1.47. The summed E-state index contributed by atoms with van der Waals surface area (Å²) in [4.78, 5) is 22.9. The molecule has 0 radical (unpaired) electrons. The molecule has 1 aromatic carbocycles. The van der Waals surface area contributed by atoms with E-state index in [1.54, 1.807) is 12.1 Å². The second-order valence-electron chi connectivity index (χ2n) is 4.44. The van der Waals surface area contributed by atoms with Gasteiger partial charge in [0.2, 0.25) is 12.0 Å². The molecular weight excluding hydrogens is 262 g/mol. The minimum absolute atomic E-state index is 0.0252. The number of carbonyl (C=O) groups is 2. The summed E-state index contributed by atoms with van der Waals surface area (Å²) < 4.78 is 10.5. The van der Waals surface area contributed by atoms with Crippen LogP contribution in [0, 0.1) is 0 Å². The van der Waals surface area contributed by atoms with E-state index in [9.17, 15) is 9.59 Å². The summed E-state index contributed by atoms with van der Waals surface area (Å²) in [5, 5.41) is 2.77. The van der Waals surface area contributed by atoms with Gasteiger partial charge in [0.25, 0.3) is 5.91 Å². The zero-order chi connectivity index (χ0) is 14.5. The molecule has 108 valence electrons. The van der Waals surface area contributed by atoms with Crippen molar-refractivity contribution < 1.29 is 19.1 Å². The first kappa shape index (κ1) is 14.3. The molecule has 4 N–H and O–H groups in total. The Morgan fingerprint density at radius 2 is 2.30 bits per heavy atom. The molecule has 0 saturated carbocycles. The van der Waals surface area contributed by atoms with Crippen LogP contribution in [0.1, 0.15) is 12.0 Å². The molecule has 1 aliphatic heterocycles. The summed E-state index contributed by atoms with van der Waals surface area (Å²) in [6.45, 7) is 0.0759. The average Bonchev–Trinajstić information content (AvgIpc) is 2.45. The number of hydrogen-bond acceptors (Lipinski definition) is 5. The molecule has 0 aliphatic carbocycles. The van der Waals surface area contributed by atoms with Crippen molar-refractivity contribution >= 4 is 17.5 Å². The highest BCUT2D eigenvalue weighted by molar-refractivity contribution is 5.94. The zero-order valence-electron chi connectivity index (χ0n) is 11.1. The van der Waals surface area contributed by atoms with Crippen LogP contribution in [0.3, 0.4) is 0 Å². The molecule has 0 spiro atoms. The van der Waals surface area contributed by atoms with E-state index in [-0.39, 0.29) is 12.5 Å². The minimum Gasteiger partial charge on any atom is -0.478 e. The first-order valence-electron chi connectivity index (χ1n) is 6.23. The maximum absolute atomic E-state index is 11.5. The van der Waals surface area contributed by atoms with Crippen molar-refractivity contribution in [3.63, 3.8) is 0 Å². The predicted molar refractivity (Wildman–Crippen MR) is 72.0 cm³/mol. The van der Waals surface area contributed by atoms with Gasteiger partial charge >= 0.3 is 0 Å². The molecule has 0 bridgehead atoms. The van der Waals surface area contributed by atoms with Gasteiger partial charge in [0.15, 0.2) is 0 Å². The van der Waals surface area contributed by atoms with Gasteiger partial charge in [0.05, 0.1) is 6.61 Å². The number of methoxy groups -OCH3 is 1. The quantitative estimate of drug-likeness (QED) is 0.398. The molecule has 20 heavy (non-hydrogen) atoms. The van der Waals surface area contributed by atoms with Crippen molar-refractivity contribution in [3.05, 3.63) is 23.8 Å². The Balaban J connectivity index is 2.14. The lowest BCUT2D eigenvalue weighted by molar-refractivity contribution is -0.130. The molecule has 1 heterocycles. The molecule has 7 heteroatoms. The molecule has 0 fully saturated rings. The smallest absolute Gasteiger partial charge is 0.277 e. The maximum Gasteiger partial charge on any atom is 0.277 e. The van der Waals surface area contributed by atoms with E-state index < -0.39 is 12.0 Å². The van der Waals surface area contributed by atoms with Gasteiger partial charge in [-0.2, -0.15) is 0 Å². The molecule has 2 amide bonds. The summed E-state index contributed by atoms with van der Waals surface area (Å²) in [5.41, 5.74) is 3.78. The van der Waals surface area contributed by atoms with Crippen LogP contribution in [0.5, 0.6) is 5.75 Å². The van der Waals surface area contributed by atoms with E-state index in [1.165, 1.54) is 7.11 Å². The number of ether oxygens (including phenoxy) is 2. The van der Waals surface area contributed by atoms with Gasteiger partial charge in [-0.15, -0.1) is 0 Å². The molecule has 1 aromatic rings. The molecule has 2 rings (SSSR count). The third-order valence-electron chi connectivity index (χ3n) is 3.01. The molecule has 0 aromatic heterocycles. The monoisotopic (exact) mass is 279 g/mol. The number of carbonyl (C=O) groups excluding carboxylic acids is 2. The Labute approximate surface area is 116 Å². The lowest BCUT2D eigenvalue weighted by Gasteiger charge is -2.20. The number of nitrogens with two attached hydrogens (primary N) is 1. The fourth-order valence-corrected chi connectivity index (χ4v) is 2.00. The van der Waals surface area contributed by atoms with Crippen LogP contribution in [-0.4, -0.2) is 31.6 Å². The van der Waals surface area contributed by atoms with Crippen molar-refractivity contribution in [2.24, 2.45) is 5.84 Å². The fourth-order valence-electron chi connectivity index (χ4n) is 2.00. The van der Waals surface area contributed by atoms with Crippen molar-refractivity contribution in [1.29, 1.82) is 0 Å². The van der Waals surface area contributed by atoms with Gasteiger partial charge in [-0.25, -0.2) is 5.84 Å². The van der Waals surface area contributed by atoms with Gasteiger partial charge in [0.1, 0.15) is 5.75 Å². The standard InChI is InChI=1S/C13H17N3O4/c1-19-7-11(13(18)16-14)20-9-4-2-8-3-5-12(17)15-10(8)6-9/h2,4,6,11H,3,5,7,14H2,1H3,(H,15,17)(H,16,18). The number of amides is 2. The summed E-state index contributed by atoms with van der Waals surface area (Å²) in [5.74, 6) is 5.06. The Hall–Kier alpha value is -2.12. The van der Waals surface area contributed by atoms with Crippen LogP contribution >= 0.6 is 0 Å². The number of fused-ring (bicyclic) bond motifs is 1. The van der Waals surface area contributed by atoms with E-state index in [1.807, 2.05) is 11.5 Å². The van der Waals surface area contributed by atoms with Crippen LogP contribution < -0.4 is 21.3 Å². The van der Waals surface area contributed by atoms with E-state index >= 15 is 0 Å². The first-order chi connectivity index (χ1) is 9.63. The van der Waals surface area contributed by atoms with Gasteiger partial charge in [-0.05, 0) is 18.1 Å². The van der Waals surface area contributed by atoms with Crippen LogP contribution in [0.25, 0.3) is 0 Å². The van der Waals surface area contributed by atoms with Crippen molar-refractivity contribution in [2.45, 2.75) is 18.9 Å². The third-order valence-corrected chi connectivity index (χ3v) is 3.01. The normalized spacial score (nSPS) is 15.0. The van der Waals surface area contributed by atoms with Crippen LogP contribution in [-0.2, 0) is 20.7 Å². The van der Waals surface area contributed by atoms with E-state index in [2.05, 4.69) is 5.32 Å². The minimum atomic E-state index is -0.845. The number of nitrogens with one attached hydrogen (secondary N) is 2. The highest BCUT2D eigenvalue weighted by atomic mass is 16.5. The Morgan fingerprint density at radius 3 is 3.00 bits per heavy atom. The molecular formula is C13H17N3O4. The second-order valence-corrected chi connectivity index (χ2v) is 4.44. The summed E-state index contributed by atoms with van der Waals surface area (Å²) in [6.07, 6.45) is 0.337. The number of hydrogen-bond donors (Lipinski definition) is 3. The lowest BCUT2D eigenvalue weighted by atomic mass is 10.0. The number of hydrazine groups is 1. The fraction of sp³-hybridized carbons (Fsp3) is 0.385. The van der Waals surface area contributed by atoms with E-state index in [4.69, 9.17) is 15.3 Å². The Kier molecular flexibility index (Phi) is 4.54. The zero-order valence-corrected chi connectivity index (χ0v) is 11.1. The number of benzene rings is 1. The van der Waals surface area contributed by atoms with Gasteiger partial charge in [-0.1, -0.05) is 6.07 Å². The van der Waals surface area contributed by atoms with Gasteiger partial charge < -0.3 is 14.8 Å². The van der Waals surface area contributed by atoms with Crippen molar-refractivity contribution in [1.82, 2.24) is 5.43 Å². The first-order valence-corrected chi connectivity index (χ1v) is 6.23. The van der Waals surface area contributed by atoms with Crippen molar-refractivity contribution in [3.8, 4) is 5.75 Å². The van der Waals surface area contributed by atoms with E-state index in [0.717, 1.165) is 5.56 Å². The molecule has 7 nitrogen and oxygen atoms in total. The van der Waals surface area contributed by atoms with Gasteiger partial charge in [0, 0.05) is 25.3 Å². The summed E-state index contributed by atoms with van der Waals surface area (Å²) in [6, 6.07) is 5.32. The molecule has 1 aliphatic rings. The Bertz CT molecular complexity index is 518. The average molecular weight is 279 g/mol. The molecule has 1 atom stereocenters. The topological polar surface area (TPSA) is 103 Å². The van der Waals surface area contributed by atoms with Crippen LogP contribution in [0.4, 0.5) is 5.69 Å². The second kappa shape index (κ2) is 6.36. The molecule has 1 unspecified atom stereocenters. The van der Waals surface area contributed by atoms with Crippen molar-refractivity contribution in [2.75, 3.05) is 19.0 Å². The highest BCUT2D eigenvalue weighted by Gasteiger charge is 2.21. The van der Waals surface area contributed by atoms with Crippen LogP contribution in [0.2, 0.25) is 0 Å². The number of anilines is 1. The Morgan fingerprint density at radius 1 is 1.50 bits per heavy atom. The van der Waals surface area contributed by atoms with Gasteiger partial charge in [-0.3, -0.25) is 15.0 Å². The number of aryl methyl sites for hydroxylation is 1. The predicted octanol–water partition coefficient (Wildman–Crippen LogP) is -0.0450. The third kappa shape index (κ3) is 3.25. The largest absolute Gasteiger partial charge is 0.478 e. The number of rotatable bonds is 5. The SMILES string of the molecule is COCC(Oc1ccc2c(c1)NC(=O)CC2)C(=O)NN. The van der Waals surface area contributed by atoms with Crippen LogP contribution in [0.15, 0.2) is 18.2 Å².